The average molecular weight is 1130 g/mol. The zero-order chi connectivity index (χ0) is 57.5. The van der Waals surface area contributed by atoms with E-state index in [0.29, 0.717) is 19.3 Å². The number of hydrogen-bond acceptors (Lipinski definition) is 8. The predicted molar refractivity (Wildman–Crippen MR) is 340 cm³/mol. The Kier molecular flexibility index (Phi) is 49.1. The summed E-state index contributed by atoms with van der Waals surface area (Å²) in [5.41, 5.74) is 1.66. The van der Waals surface area contributed by atoms with Crippen LogP contribution in [0.1, 0.15) is 308 Å². The van der Waals surface area contributed by atoms with Crippen molar-refractivity contribution in [2.75, 3.05) is 18.1 Å². The normalized spacial score (nSPS) is 12.3. The standard InChI is InChI=1S/C71H117NO7S/c1-4-7-10-13-16-19-22-25-27-30-33-36-39-42-51-58-68(74)77-60-65(78-69(75)59-52-43-40-37-34-31-28-26-23-20-17-14-11-8-5-2)61-80-62-66(71(76)79-70(63-53-46-44-47-54-63)64-55-48-45-49-56-64)72-67(73)57-50-41-38-35-32-29-24-21-18-15-12-9-6-3/h25-28,44-49,53-56,65-66,70H,4-24,29-43,50-52,57-62H2,1-3H3,(H,72,73)/t65-,66-/m1/s1. The van der Waals surface area contributed by atoms with Crippen LogP contribution in [-0.4, -0.2) is 54.1 Å². The molecule has 454 valence electrons. The van der Waals surface area contributed by atoms with Crippen molar-refractivity contribution in [2.24, 2.45) is 0 Å². The van der Waals surface area contributed by atoms with Gasteiger partial charge in [0.25, 0.3) is 0 Å². The molecular formula is C71H117NO7S. The second kappa shape index (κ2) is 54.4. The highest BCUT2D eigenvalue weighted by molar-refractivity contribution is 7.99. The molecule has 9 heteroatoms. The van der Waals surface area contributed by atoms with E-state index in [1.807, 2.05) is 60.7 Å². The topological polar surface area (TPSA) is 108 Å². The lowest BCUT2D eigenvalue weighted by molar-refractivity contribution is -0.157. The number of unbranched alkanes of at least 4 members (excludes halogenated alkanes) is 34. The summed E-state index contributed by atoms with van der Waals surface area (Å²) in [6.07, 6.45) is 55.6. The van der Waals surface area contributed by atoms with E-state index in [-0.39, 0.29) is 36.0 Å². The lowest BCUT2D eigenvalue weighted by Gasteiger charge is -2.24. The van der Waals surface area contributed by atoms with Crippen LogP contribution in [0.2, 0.25) is 0 Å². The maximum atomic E-state index is 14.3. The first kappa shape index (κ1) is 72.3. The number of thioether (sulfide) groups is 1. The van der Waals surface area contributed by atoms with Crippen molar-refractivity contribution in [3.05, 3.63) is 96.1 Å². The Morgan fingerprint density at radius 2 is 0.762 bits per heavy atom. The Morgan fingerprint density at radius 1 is 0.412 bits per heavy atom. The van der Waals surface area contributed by atoms with E-state index in [1.165, 1.54) is 172 Å². The summed E-state index contributed by atoms with van der Waals surface area (Å²) >= 11 is 1.39. The second-order valence-corrected chi connectivity index (χ2v) is 23.8. The van der Waals surface area contributed by atoms with Gasteiger partial charge in [0.15, 0.2) is 6.10 Å². The molecule has 0 aliphatic rings. The van der Waals surface area contributed by atoms with Gasteiger partial charge in [-0.3, -0.25) is 14.4 Å². The van der Waals surface area contributed by atoms with Gasteiger partial charge >= 0.3 is 17.9 Å². The van der Waals surface area contributed by atoms with E-state index < -0.39 is 24.2 Å². The molecule has 80 heavy (non-hydrogen) atoms. The maximum Gasteiger partial charge on any atom is 0.330 e. The zero-order valence-electron chi connectivity index (χ0n) is 51.4. The smallest absolute Gasteiger partial charge is 0.330 e. The fourth-order valence-corrected chi connectivity index (χ4v) is 11.2. The van der Waals surface area contributed by atoms with Crippen molar-refractivity contribution >= 4 is 35.6 Å². The van der Waals surface area contributed by atoms with E-state index in [1.54, 1.807) is 0 Å². The van der Waals surface area contributed by atoms with Gasteiger partial charge in [-0.1, -0.05) is 286 Å². The van der Waals surface area contributed by atoms with Gasteiger partial charge in [0.05, 0.1) is 0 Å². The fraction of sp³-hybridized carbons (Fsp3) is 0.718. The molecule has 0 radical (unpaired) electrons. The number of esters is 3. The first-order chi connectivity index (χ1) is 39.4. The summed E-state index contributed by atoms with van der Waals surface area (Å²) in [5, 5.41) is 3.03. The number of nitrogens with one attached hydrogen (secondary N) is 1. The Balaban J connectivity index is 1.98. The third kappa shape index (κ3) is 42.9. The lowest BCUT2D eigenvalue weighted by atomic mass is 10.0. The van der Waals surface area contributed by atoms with Gasteiger partial charge in [0.2, 0.25) is 5.91 Å². The minimum Gasteiger partial charge on any atom is -0.462 e. The monoisotopic (exact) mass is 1130 g/mol. The number of rotatable bonds is 56. The summed E-state index contributed by atoms with van der Waals surface area (Å²) in [6.45, 7) is 6.73. The highest BCUT2D eigenvalue weighted by Crippen LogP contribution is 2.27. The number of carbonyl (C=O) groups is 4. The van der Waals surface area contributed by atoms with Gasteiger partial charge in [0.1, 0.15) is 18.8 Å². The van der Waals surface area contributed by atoms with Crippen molar-refractivity contribution in [3.63, 3.8) is 0 Å². The Hall–Kier alpha value is -3.85. The van der Waals surface area contributed by atoms with Crippen molar-refractivity contribution in [2.45, 2.75) is 309 Å². The van der Waals surface area contributed by atoms with Crippen molar-refractivity contribution in [1.82, 2.24) is 5.32 Å². The van der Waals surface area contributed by atoms with Gasteiger partial charge < -0.3 is 19.5 Å². The minimum absolute atomic E-state index is 0.0559. The molecule has 0 heterocycles. The highest BCUT2D eigenvalue weighted by atomic mass is 32.2. The van der Waals surface area contributed by atoms with Crippen LogP contribution in [0, 0.1) is 0 Å². The van der Waals surface area contributed by atoms with Crippen LogP contribution in [0.4, 0.5) is 0 Å². The van der Waals surface area contributed by atoms with Crippen molar-refractivity contribution < 1.29 is 33.4 Å². The SMILES string of the molecule is CCCCCCCCC=CCCCCCCCC(=O)OC[C@H](CSC[C@@H](NC(=O)CCCCCCCCCCCCCCC)C(=O)OC(c1ccccc1)c1ccccc1)OC(=O)CCCCCCCC=CCCCCCCCC. The summed E-state index contributed by atoms with van der Waals surface area (Å²) < 4.78 is 18.1. The van der Waals surface area contributed by atoms with E-state index in [9.17, 15) is 19.2 Å². The molecule has 2 atom stereocenters. The fourth-order valence-electron chi connectivity index (χ4n) is 10.1. The van der Waals surface area contributed by atoms with Gasteiger partial charge in [-0.2, -0.15) is 11.8 Å². The van der Waals surface area contributed by atoms with Crippen LogP contribution in [0.5, 0.6) is 0 Å². The van der Waals surface area contributed by atoms with Crippen molar-refractivity contribution in [1.29, 1.82) is 0 Å². The predicted octanol–water partition coefficient (Wildman–Crippen LogP) is 20.5. The molecule has 1 N–H and O–H groups in total. The highest BCUT2D eigenvalue weighted by Gasteiger charge is 2.28. The molecule has 0 bridgehead atoms. The van der Waals surface area contributed by atoms with Crippen LogP contribution >= 0.6 is 11.8 Å². The summed E-state index contributed by atoms with van der Waals surface area (Å²) in [7, 11) is 0. The number of ether oxygens (including phenoxy) is 3. The molecule has 2 aromatic rings. The average Bonchev–Trinajstić information content (AvgIpc) is 3.48. The number of hydrogen-bond donors (Lipinski definition) is 1. The molecule has 0 spiro atoms. The maximum absolute atomic E-state index is 14.3. The Bertz CT molecular complexity index is 1760. The van der Waals surface area contributed by atoms with E-state index in [4.69, 9.17) is 14.2 Å². The van der Waals surface area contributed by atoms with Gasteiger partial charge in [-0.15, -0.1) is 0 Å². The van der Waals surface area contributed by atoms with E-state index in [2.05, 4.69) is 50.4 Å². The molecule has 8 nitrogen and oxygen atoms in total. The van der Waals surface area contributed by atoms with Gasteiger partial charge in [0, 0.05) is 30.8 Å². The lowest BCUT2D eigenvalue weighted by Crippen LogP contribution is -2.44. The molecule has 2 aromatic carbocycles. The molecule has 1 amide bonds. The van der Waals surface area contributed by atoms with E-state index in [0.717, 1.165) is 101 Å². The Labute approximate surface area is 494 Å². The third-order valence-electron chi connectivity index (χ3n) is 15.2. The number of benzene rings is 2. The van der Waals surface area contributed by atoms with Crippen molar-refractivity contribution in [3.8, 4) is 0 Å². The quantitative estimate of drug-likeness (QED) is 0.0302. The van der Waals surface area contributed by atoms with Gasteiger partial charge in [-0.25, -0.2) is 4.79 Å². The van der Waals surface area contributed by atoms with E-state index >= 15 is 0 Å². The summed E-state index contributed by atoms with van der Waals surface area (Å²) in [5.74, 6) is -0.821. The minimum atomic E-state index is -0.944. The molecule has 0 aliphatic heterocycles. The zero-order valence-corrected chi connectivity index (χ0v) is 52.2. The number of amides is 1. The summed E-state index contributed by atoms with van der Waals surface area (Å²) in [4.78, 5) is 54.3. The molecular weight excluding hydrogens is 1010 g/mol. The van der Waals surface area contributed by atoms with Crippen LogP contribution in [0.15, 0.2) is 85.0 Å². The molecule has 0 fully saturated rings. The largest absolute Gasteiger partial charge is 0.462 e. The molecule has 0 aromatic heterocycles. The molecule has 0 aliphatic carbocycles. The third-order valence-corrected chi connectivity index (χ3v) is 16.3. The molecule has 0 saturated heterocycles. The Morgan fingerprint density at radius 3 is 1.16 bits per heavy atom. The van der Waals surface area contributed by atoms with Crippen LogP contribution < -0.4 is 5.32 Å². The number of allylic oxidation sites excluding steroid dienone is 4. The molecule has 2 rings (SSSR count). The van der Waals surface area contributed by atoms with Crippen LogP contribution in [-0.2, 0) is 33.4 Å². The number of carbonyl (C=O) groups excluding carboxylic acids is 4. The second-order valence-electron chi connectivity index (χ2n) is 22.8. The summed E-state index contributed by atoms with van der Waals surface area (Å²) in [6, 6.07) is 18.4. The van der Waals surface area contributed by atoms with Crippen LogP contribution in [0.25, 0.3) is 0 Å². The first-order valence-electron chi connectivity index (χ1n) is 33.2. The van der Waals surface area contributed by atoms with Crippen LogP contribution in [0.3, 0.4) is 0 Å². The van der Waals surface area contributed by atoms with Gasteiger partial charge in [-0.05, 0) is 81.8 Å². The first-order valence-corrected chi connectivity index (χ1v) is 34.4. The molecule has 0 saturated carbocycles. The molecule has 0 unspecified atom stereocenters.